The Morgan fingerprint density at radius 1 is 0.947 bits per heavy atom. The lowest BCUT2D eigenvalue weighted by atomic mass is 9.97. The topological polar surface area (TPSA) is 89.9 Å². The predicted molar refractivity (Wildman–Crippen MR) is 144 cm³/mol. The minimum Gasteiger partial charge on any atom is -0.497 e. The Hall–Kier alpha value is -3.59. The third-order valence-electron chi connectivity index (χ3n) is 7.29. The molecule has 1 aliphatic heterocycles. The predicted octanol–water partition coefficient (Wildman–Crippen LogP) is 4.06. The summed E-state index contributed by atoms with van der Waals surface area (Å²) in [4.78, 5) is 28.7. The molecule has 9 heteroatoms. The third-order valence-corrected chi connectivity index (χ3v) is 7.29. The van der Waals surface area contributed by atoms with Gasteiger partial charge >= 0.3 is 0 Å². The Morgan fingerprint density at radius 2 is 1.63 bits per heavy atom. The number of amides is 2. The quantitative estimate of drug-likeness (QED) is 0.441. The monoisotopic (exact) mass is 523 g/mol. The normalized spacial score (nSPS) is 17.3. The van der Waals surface area contributed by atoms with Gasteiger partial charge in [0, 0.05) is 37.6 Å². The zero-order chi connectivity index (χ0) is 27.1. The van der Waals surface area contributed by atoms with Crippen LogP contribution in [0.1, 0.15) is 49.3 Å². The number of nitrogens with zero attached hydrogens (tertiary/aromatic N) is 3. The first kappa shape index (κ1) is 27.4. The Bertz CT molecular complexity index is 1140. The highest BCUT2D eigenvalue weighted by molar-refractivity contribution is 6.05. The van der Waals surface area contributed by atoms with Crippen molar-refractivity contribution < 1.29 is 28.5 Å². The maximum absolute atomic E-state index is 13.8. The van der Waals surface area contributed by atoms with Crippen molar-refractivity contribution in [3.63, 3.8) is 0 Å². The van der Waals surface area contributed by atoms with Crippen LogP contribution in [0.3, 0.4) is 0 Å². The van der Waals surface area contributed by atoms with Crippen molar-refractivity contribution in [1.82, 2.24) is 9.91 Å². The average Bonchev–Trinajstić information content (AvgIpc) is 3.65. The average molecular weight is 524 g/mol. The second kappa shape index (κ2) is 12.8. The van der Waals surface area contributed by atoms with Gasteiger partial charge in [-0.15, -0.1) is 0 Å². The van der Waals surface area contributed by atoms with Gasteiger partial charge in [-0.1, -0.05) is 25.0 Å². The summed E-state index contributed by atoms with van der Waals surface area (Å²) in [5, 5.41) is 6.31. The second-order valence-corrected chi connectivity index (χ2v) is 9.58. The third kappa shape index (κ3) is 6.10. The zero-order valence-corrected chi connectivity index (χ0v) is 22.6. The Labute approximate surface area is 224 Å². The van der Waals surface area contributed by atoms with E-state index in [9.17, 15) is 9.59 Å². The lowest BCUT2D eigenvalue weighted by molar-refractivity contribution is -0.144. The molecular weight excluding hydrogens is 486 g/mol. The fourth-order valence-corrected chi connectivity index (χ4v) is 5.16. The van der Waals surface area contributed by atoms with Crippen molar-refractivity contribution >= 4 is 17.5 Å². The van der Waals surface area contributed by atoms with Crippen molar-refractivity contribution in [3.05, 3.63) is 53.6 Å². The van der Waals surface area contributed by atoms with Gasteiger partial charge in [-0.3, -0.25) is 9.59 Å². The first-order chi connectivity index (χ1) is 18.5. The van der Waals surface area contributed by atoms with Gasteiger partial charge in [-0.2, -0.15) is 5.10 Å². The van der Waals surface area contributed by atoms with Crippen LogP contribution >= 0.6 is 0 Å². The van der Waals surface area contributed by atoms with Crippen molar-refractivity contribution in [1.29, 1.82) is 0 Å². The summed E-state index contributed by atoms with van der Waals surface area (Å²) >= 11 is 0. The molecule has 0 spiro atoms. The fourth-order valence-electron chi connectivity index (χ4n) is 5.16. The van der Waals surface area contributed by atoms with E-state index in [1.165, 1.54) is 5.01 Å². The first-order valence-electron chi connectivity index (χ1n) is 13.0. The molecule has 1 atom stereocenters. The van der Waals surface area contributed by atoms with Crippen LogP contribution < -0.4 is 14.2 Å². The molecule has 0 saturated heterocycles. The summed E-state index contributed by atoms with van der Waals surface area (Å²) < 4.78 is 21.5. The number of hydrogen-bond acceptors (Lipinski definition) is 7. The van der Waals surface area contributed by atoms with Gasteiger partial charge in [0.2, 0.25) is 5.91 Å². The van der Waals surface area contributed by atoms with Crippen LogP contribution in [0.15, 0.2) is 47.6 Å². The van der Waals surface area contributed by atoms with Gasteiger partial charge in [0.15, 0.2) is 0 Å². The molecule has 4 rings (SSSR count). The number of carbonyl (C=O) groups excluding carboxylic acids is 2. The lowest BCUT2D eigenvalue weighted by Gasteiger charge is -2.28. The van der Waals surface area contributed by atoms with E-state index in [0.29, 0.717) is 31.1 Å². The highest BCUT2D eigenvalue weighted by atomic mass is 16.5. The van der Waals surface area contributed by atoms with E-state index in [1.807, 2.05) is 36.4 Å². The van der Waals surface area contributed by atoms with Crippen molar-refractivity contribution in [2.75, 3.05) is 48.1 Å². The van der Waals surface area contributed by atoms with Crippen molar-refractivity contribution in [2.45, 2.75) is 38.1 Å². The molecule has 2 aliphatic rings. The minimum atomic E-state index is -0.332. The molecule has 0 aromatic heterocycles. The number of methoxy groups -OCH3 is 4. The van der Waals surface area contributed by atoms with Gasteiger partial charge in [0.1, 0.15) is 23.8 Å². The lowest BCUT2D eigenvalue weighted by Crippen LogP contribution is -2.44. The van der Waals surface area contributed by atoms with E-state index in [0.717, 1.165) is 48.3 Å². The van der Waals surface area contributed by atoms with E-state index in [4.69, 9.17) is 24.0 Å². The Kier molecular flexibility index (Phi) is 9.23. The largest absolute Gasteiger partial charge is 0.497 e. The molecule has 0 bridgehead atoms. The summed E-state index contributed by atoms with van der Waals surface area (Å²) in [6.07, 6.45) is 4.33. The van der Waals surface area contributed by atoms with Crippen LogP contribution in [0, 0.1) is 5.92 Å². The molecule has 0 N–H and O–H groups in total. The first-order valence-corrected chi connectivity index (χ1v) is 13.0. The zero-order valence-electron chi connectivity index (χ0n) is 22.6. The van der Waals surface area contributed by atoms with Crippen LogP contribution in [0.5, 0.6) is 17.2 Å². The van der Waals surface area contributed by atoms with Crippen molar-refractivity contribution in [2.24, 2.45) is 11.0 Å². The second-order valence-electron chi connectivity index (χ2n) is 9.58. The number of rotatable bonds is 11. The summed E-state index contributed by atoms with van der Waals surface area (Å²) in [6.45, 7) is 0.675. The summed E-state index contributed by atoms with van der Waals surface area (Å²) in [5.74, 6) is 1.77. The van der Waals surface area contributed by atoms with Crippen molar-refractivity contribution in [3.8, 4) is 17.2 Å². The number of hydrazone groups is 1. The van der Waals surface area contributed by atoms with Gasteiger partial charge in [-0.05, 0) is 42.7 Å². The number of carbonyl (C=O) groups is 2. The molecule has 1 aliphatic carbocycles. The Balaban J connectivity index is 1.64. The molecule has 1 heterocycles. The van der Waals surface area contributed by atoms with Gasteiger partial charge in [0.05, 0.1) is 39.7 Å². The smallest absolute Gasteiger partial charge is 0.262 e. The van der Waals surface area contributed by atoms with E-state index in [-0.39, 0.29) is 30.3 Å². The molecule has 2 aromatic rings. The molecule has 0 radical (unpaired) electrons. The maximum Gasteiger partial charge on any atom is 0.262 e. The maximum atomic E-state index is 13.8. The molecule has 0 unspecified atom stereocenters. The SMILES string of the molecule is COCCN(CC(=O)N1N=C(c2ccc(OC)cc2OC)C[C@@H]1c1ccc(OC)cc1)C(=O)C1CCCC1. The minimum absolute atomic E-state index is 0.0223. The number of ether oxygens (including phenoxy) is 4. The number of hydrogen-bond donors (Lipinski definition) is 0. The standard InChI is InChI=1S/C29H37N3O6/c1-35-16-15-31(29(34)21-7-5-6-8-21)19-28(33)32-26(20-9-11-22(36-2)12-10-20)18-25(30-32)24-14-13-23(37-3)17-27(24)38-4/h9-14,17,21,26H,5-8,15-16,18-19H2,1-4H3/t26-/m1/s1. The van der Waals surface area contributed by atoms with Crippen LogP contribution in [-0.2, 0) is 14.3 Å². The summed E-state index contributed by atoms with van der Waals surface area (Å²) in [5.41, 5.74) is 2.44. The molecule has 2 aromatic carbocycles. The molecular formula is C29H37N3O6. The van der Waals surface area contributed by atoms with E-state index >= 15 is 0 Å². The highest BCUT2D eigenvalue weighted by Crippen LogP contribution is 2.37. The van der Waals surface area contributed by atoms with E-state index in [1.54, 1.807) is 39.4 Å². The molecule has 1 saturated carbocycles. The summed E-state index contributed by atoms with van der Waals surface area (Å²) in [6, 6.07) is 12.8. The molecule has 1 fully saturated rings. The Morgan fingerprint density at radius 3 is 2.26 bits per heavy atom. The highest BCUT2D eigenvalue weighted by Gasteiger charge is 2.36. The van der Waals surface area contributed by atoms with E-state index < -0.39 is 0 Å². The van der Waals surface area contributed by atoms with Crippen LogP contribution in [0.2, 0.25) is 0 Å². The van der Waals surface area contributed by atoms with Crippen LogP contribution in [0.25, 0.3) is 0 Å². The fraction of sp³-hybridized carbons (Fsp3) is 0.483. The van der Waals surface area contributed by atoms with Gasteiger partial charge < -0.3 is 23.8 Å². The van der Waals surface area contributed by atoms with Crippen LogP contribution in [0.4, 0.5) is 0 Å². The van der Waals surface area contributed by atoms with Gasteiger partial charge in [0.25, 0.3) is 5.91 Å². The molecule has 9 nitrogen and oxygen atoms in total. The number of benzene rings is 2. The van der Waals surface area contributed by atoms with E-state index in [2.05, 4.69) is 0 Å². The summed E-state index contributed by atoms with van der Waals surface area (Å²) in [7, 11) is 6.41. The molecule has 2 amide bonds. The molecule has 204 valence electrons. The van der Waals surface area contributed by atoms with Crippen LogP contribution in [-0.4, -0.2) is 75.6 Å². The molecule has 38 heavy (non-hydrogen) atoms. The van der Waals surface area contributed by atoms with Gasteiger partial charge in [-0.25, -0.2) is 5.01 Å².